The van der Waals surface area contributed by atoms with Crippen LogP contribution in [0.3, 0.4) is 0 Å². The van der Waals surface area contributed by atoms with E-state index in [-0.39, 0.29) is 17.0 Å². The fraction of sp³-hybridized carbons (Fsp3) is 0.176. The lowest BCUT2D eigenvalue weighted by Gasteiger charge is -2.07. The number of hydrogen-bond donors (Lipinski definition) is 2. The Bertz CT molecular complexity index is 935. The van der Waals surface area contributed by atoms with Crippen LogP contribution in [0.25, 0.3) is 11.1 Å². The van der Waals surface area contributed by atoms with Crippen LogP contribution in [-0.4, -0.2) is 22.0 Å². The number of hydrazine groups is 1. The molecule has 2 aromatic heterocycles. The van der Waals surface area contributed by atoms with Gasteiger partial charge in [0.15, 0.2) is 0 Å². The van der Waals surface area contributed by atoms with Crippen molar-refractivity contribution in [3.63, 3.8) is 0 Å². The highest BCUT2D eigenvalue weighted by atomic mass is 19.1. The summed E-state index contributed by atoms with van der Waals surface area (Å²) in [6.07, 6.45) is 1.33. The Hall–Kier alpha value is -3.29. The number of halogens is 1. The predicted octanol–water partition coefficient (Wildman–Crippen LogP) is 2.56. The fourth-order valence-electron chi connectivity index (χ4n) is 2.25. The number of carbonyl (C=O) groups is 2. The van der Waals surface area contributed by atoms with Gasteiger partial charge in [0.05, 0.1) is 16.6 Å². The molecule has 2 amide bonds. The molecule has 2 N–H and O–H groups in total. The minimum Gasteiger partial charge on any atom is -0.336 e. The summed E-state index contributed by atoms with van der Waals surface area (Å²) in [5, 5.41) is 4.59. The minimum atomic E-state index is -0.560. The molecular formula is C17H15FN4O3. The van der Waals surface area contributed by atoms with E-state index < -0.39 is 17.6 Å². The van der Waals surface area contributed by atoms with E-state index in [1.807, 2.05) is 13.8 Å². The third-order valence-corrected chi connectivity index (χ3v) is 3.56. The number of carbonyl (C=O) groups excluding carboxylic acids is 2. The van der Waals surface area contributed by atoms with Gasteiger partial charge in [-0.25, -0.2) is 9.37 Å². The Morgan fingerprint density at radius 3 is 2.36 bits per heavy atom. The van der Waals surface area contributed by atoms with Gasteiger partial charge in [-0.2, -0.15) is 0 Å². The van der Waals surface area contributed by atoms with Crippen LogP contribution in [0.1, 0.15) is 46.2 Å². The van der Waals surface area contributed by atoms with Crippen molar-refractivity contribution in [1.82, 2.24) is 21.0 Å². The monoisotopic (exact) mass is 342 g/mol. The smallest absolute Gasteiger partial charge is 0.271 e. The average Bonchev–Trinajstić information content (AvgIpc) is 3.03. The second kappa shape index (κ2) is 6.68. The number of rotatable bonds is 3. The van der Waals surface area contributed by atoms with E-state index in [4.69, 9.17) is 4.52 Å². The molecule has 8 heteroatoms. The molecule has 0 bridgehead atoms. The van der Waals surface area contributed by atoms with Crippen molar-refractivity contribution in [2.75, 3.05) is 0 Å². The van der Waals surface area contributed by atoms with Crippen LogP contribution >= 0.6 is 0 Å². The molecular weight excluding hydrogens is 327 g/mol. The molecule has 128 valence electrons. The fourth-order valence-corrected chi connectivity index (χ4v) is 2.25. The van der Waals surface area contributed by atoms with E-state index in [0.717, 1.165) is 12.1 Å². The molecule has 7 nitrogen and oxygen atoms in total. The molecule has 2 heterocycles. The van der Waals surface area contributed by atoms with E-state index >= 15 is 0 Å². The molecule has 1 aromatic carbocycles. The Morgan fingerprint density at radius 1 is 1.08 bits per heavy atom. The molecule has 0 fully saturated rings. The molecule has 0 aliphatic rings. The molecule has 0 aliphatic carbocycles. The van der Waals surface area contributed by atoms with E-state index in [2.05, 4.69) is 21.0 Å². The highest BCUT2D eigenvalue weighted by Crippen LogP contribution is 2.23. The largest absolute Gasteiger partial charge is 0.336 e. The average molecular weight is 342 g/mol. The highest BCUT2D eigenvalue weighted by molar-refractivity contribution is 6.00. The Kier molecular flexibility index (Phi) is 4.42. The van der Waals surface area contributed by atoms with Crippen molar-refractivity contribution in [2.45, 2.75) is 19.8 Å². The van der Waals surface area contributed by atoms with Crippen LogP contribution in [0.2, 0.25) is 0 Å². The summed E-state index contributed by atoms with van der Waals surface area (Å²) in [7, 11) is 0. The zero-order valence-corrected chi connectivity index (χ0v) is 13.5. The van der Waals surface area contributed by atoms with E-state index in [1.54, 1.807) is 6.07 Å². The summed E-state index contributed by atoms with van der Waals surface area (Å²) in [4.78, 5) is 28.2. The molecule has 0 saturated heterocycles. The maximum absolute atomic E-state index is 12.9. The van der Waals surface area contributed by atoms with Crippen LogP contribution < -0.4 is 10.9 Å². The molecule has 0 spiro atoms. The van der Waals surface area contributed by atoms with Crippen LogP contribution in [0.5, 0.6) is 0 Å². The van der Waals surface area contributed by atoms with Gasteiger partial charge in [-0.3, -0.25) is 20.4 Å². The van der Waals surface area contributed by atoms with Gasteiger partial charge < -0.3 is 4.52 Å². The third kappa shape index (κ3) is 3.47. The lowest BCUT2D eigenvalue weighted by atomic mass is 10.1. The minimum absolute atomic E-state index is 0.111. The number of amides is 2. The maximum atomic E-state index is 12.9. The second-order valence-electron chi connectivity index (χ2n) is 5.71. The Morgan fingerprint density at radius 2 is 1.72 bits per heavy atom. The molecule has 0 aliphatic heterocycles. The lowest BCUT2D eigenvalue weighted by molar-refractivity contribution is 0.0846. The van der Waals surface area contributed by atoms with E-state index in [9.17, 15) is 14.0 Å². The summed E-state index contributed by atoms with van der Waals surface area (Å²) in [6, 6.07) is 6.56. The summed E-state index contributed by atoms with van der Waals surface area (Å²) in [5.74, 6) is -1.44. The van der Waals surface area contributed by atoms with Gasteiger partial charge >= 0.3 is 0 Å². The van der Waals surface area contributed by atoms with Crippen LogP contribution in [-0.2, 0) is 0 Å². The van der Waals surface area contributed by atoms with Gasteiger partial charge in [-0.15, -0.1) is 0 Å². The van der Waals surface area contributed by atoms with Gasteiger partial charge in [-0.1, -0.05) is 19.0 Å². The molecule has 25 heavy (non-hydrogen) atoms. The first-order valence-electron chi connectivity index (χ1n) is 7.57. The Balaban J connectivity index is 1.72. The molecule has 0 unspecified atom stereocenters. The second-order valence-corrected chi connectivity index (χ2v) is 5.71. The van der Waals surface area contributed by atoms with Gasteiger partial charge in [0.2, 0.25) is 0 Å². The summed E-state index contributed by atoms with van der Waals surface area (Å²) >= 11 is 0. The zero-order chi connectivity index (χ0) is 18.0. The number of fused-ring (bicyclic) bond motifs is 1. The predicted molar refractivity (Wildman–Crippen MR) is 87.2 cm³/mol. The molecule has 3 aromatic rings. The van der Waals surface area contributed by atoms with E-state index in [1.165, 1.54) is 18.3 Å². The van der Waals surface area contributed by atoms with Crippen molar-refractivity contribution < 1.29 is 18.5 Å². The number of nitrogens with one attached hydrogen (secondary N) is 2. The lowest BCUT2D eigenvalue weighted by Crippen LogP contribution is -2.41. The number of nitrogens with zero attached hydrogens (tertiary/aromatic N) is 2. The maximum Gasteiger partial charge on any atom is 0.271 e. The normalized spacial score (nSPS) is 10.9. The third-order valence-electron chi connectivity index (χ3n) is 3.56. The van der Waals surface area contributed by atoms with Crippen molar-refractivity contribution in [2.24, 2.45) is 0 Å². The van der Waals surface area contributed by atoms with Crippen LogP contribution in [0, 0.1) is 5.82 Å². The first-order chi connectivity index (χ1) is 12.0. The summed E-state index contributed by atoms with van der Waals surface area (Å²) < 4.78 is 18.0. The number of aromatic nitrogens is 2. The van der Waals surface area contributed by atoms with Crippen molar-refractivity contribution in [3.8, 4) is 0 Å². The first kappa shape index (κ1) is 16.6. The molecule has 0 atom stereocenters. The number of pyridine rings is 1. The number of hydrogen-bond acceptors (Lipinski definition) is 5. The molecule has 0 radical (unpaired) electrons. The first-order valence-corrected chi connectivity index (χ1v) is 7.57. The number of benzene rings is 1. The summed E-state index contributed by atoms with van der Waals surface area (Å²) in [5.41, 5.74) is 6.07. The van der Waals surface area contributed by atoms with Crippen LogP contribution in [0.4, 0.5) is 4.39 Å². The van der Waals surface area contributed by atoms with Gasteiger partial charge in [-0.05, 0) is 36.2 Å². The van der Waals surface area contributed by atoms with Crippen molar-refractivity contribution in [1.29, 1.82) is 0 Å². The van der Waals surface area contributed by atoms with Gasteiger partial charge in [0.1, 0.15) is 5.82 Å². The molecule has 3 rings (SSSR count). The van der Waals surface area contributed by atoms with Crippen molar-refractivity contribution in [3.05, 3.63) is 59.2 Å². The quantitative estimate of drug-likeness (QED) is 0.713. The van der Waals surface area contributed by atoms with Gasteiger partial charge in [0.25, 0.3) is 17.5 Å². The van der Waals surface area contributed by atoms with Gasteiger partial charge in [0, 0.05) is 11.8 Å². The van der Waals surface area contributed by atoms with Crippen LogP contribution in [0.15, 0.2) is 41.1 Å². The van der Waals surface area contributed by atoms with E-state index in [0.29, 0.717) is 16.8 Å². The Labute approximate surface area is 142 Å². The zero-order valence-electron chi connectivity index (χ0n) is 13.5. The standard InChI is InChI=1S/C17H15FN4O3/c1-9(2)14-13-7-11(8-19-17(13)25-22-14)16(24)21-20-15(23)10-3-5-12(18)6-4-10/h3-9H,1-2H3,(H,20,23)(H,21,24). The topological polar surface area (TPSA) is 97.1 Å². The van der Waals surface area contributed by atoms with Crippen molar-refractivity contribution >= 4 is 22.9 Å². The molecule has 0 saturated carbocycles. The summed E-state index contributed by atoms with van der Waals surface area (Å²) in [6.45, 7) is 3.90. The SMILES string of the molecule is CC(C)c1noc2ncc(C(=O)NNC(=O)c3ccc(F)cc3)cc12. The highest BCUT2D eigenvalue weighted by Gasteiger charge is 2.16.